The Balaban J connectivity index is 1.61. The number of hydrogen-bond donors (Lipinski definition) is 2. The van der Waals surface area contributed by atoms with Gasteiger partial charge < -0.3 is 15.0 Å². The lowest BCUT2D eigenvalue weighted by Gasteiger charge is -2.22. The number of carbonyl (C=O) groups excluding carboxylic acids is 1. The van der Waals surface area contributed by atoms with Gasteiger partial charge in [-0.3, -0.25) is 4.79 Å². The third-order valence-electron chi connectivity index (χ3n) is 4.47. The molecule has 124 valence electrons. The van der Waals surface area contributed by atoms with Gasteiger partial charge in [-0.25, -0.2) is 9.97 Å². The molecule has 2 aromatic rings. The summed E-state index contributed by atoms with van der Waals surface area (Å²) in [5.74, 6) is 0.834. The number of aliphatic hydroxyl groups is 1. The highest BCUT2D eigenvalue weighted by atomic mass is 32.1. The average Bonchev–Trinajstić information content (AvgIpc) is 3.13. The van der Waals surface area contributed by atoms with E-state index in [4.69, 9.17) is 0 Å². The van der Waals surface area contributed by atoms with E-state index in [9.17, 15) is 9.90 Å². The summed E-state index contributed by atoms with van der Waals surface area (Å²) in [6, 6.07) is -0.223. The Kier molecular flexibility index (Phi) is 4.50. The summed E-state index contributed by atoms with van der Waals surface area (Å²) in [6.45, 7) is 5.79. The number of imidazole rings is 1. The first-order valence-electron chi connectivity index (χ1n) is 7.85. The predicted octanol–water partition coefficient (Wildman–Crippen LogP) is 1.69. The molecule has 0 aromatic carbocycles. The molecule has 0 saturated heterocycles. The third kappa shape index (κ3) is 3.30. The fourth-order valence-corrected chi connectivity index (χ4v) is 4.24. The van der Waals surface area contributed by atoms with Crippen molar-refractivity contribution in [1.29, 1.82) is 0 Å². The Bertz CT molecular complexity index is 709. The molecule has 0 aliphatic heterocycles. The van der Waals surface area contributed by atoms with Crippen molar-refractivity contribution in [2.45, 2.75) is 58.2 Å². The first kappa shape index (κ1) is 16.1. The van der Waals surface area contributed by atoms with E-state index in [1.165, 1.54) is 0 Å². The first-order valence-corrected chi connectivity index (χ1v) is 8.67. The molecule has 1 amide bonds. The van der Waals surface area contributed by atoms with E-state index in [0.29, 0.717) is 6.42 Å². The van der Waals surface area contributed by atoms with Gasteiger partial charge >= 0.3 is 0 Å². The number of hydrogen-bond acceptors (Lipinski definition) is 5. The van der Waals surface area contributed by atoms with Crippen LogP contribution in [0.15, 0.2) is 12.4 Å². The van der Waals surface area contributed by atoms with Crippen LogP contribution in [-0.2, 0) is 11.2 Å². The van der Waals surface area contributed by atoms with Gasteiger partial charge in [0.1, 0.15) is 5.82 Å². The van der Waals surface area contributed by atoms with E-state index >= 15 is 0 Å². The summed E-state index contributed by atoms with van der Waals surface area (Å²) >= 11 is 1.56. The molecular formula is C16H22N4O2S. The van der Waals surface area contributed by atoms with Crippen LogP contribution in [0.4, 0.5) is 0 Å². The van der Waals surface area contributed by atoms with Crippen LogP contribution in [0.3, 0.4) is 0 Å². The molecule has 0 bridgehead atoms. The molecule has 1 aliphatic rings. The molecule has 1 saturated carbocycles. The second kappa shape index (κ2) is 6.41. The molecule has 3 rings (SSSR count). The van der Waals surface area contributed by atoms with Crippen molar-refractivity contribution in [1.82, 2.24) is 19.9 Å². The zero-order chi connectivity index (χ0) is 16.6. The minimum atomic E-state index is -0.587. The topological polar surface area (TPSA) is 80.0 Å². The van der Waals surface area contributed by atoms with Crippen molar-refractivity contribution in [2.75, 3.05) is 0 Å². The molecule has 0 unspecified atom stereocenters. The largest absolute Gasteiger partial charge is 0.389 e. The van der Waals surface area contributed by atoms with Crippen molar-refractivity contribution in [3.05, 3.63) is 33.8 Å². The molecule has 3 atom stereocenters. The molecule has 2 N–H and O–H groups in total. The van der Waals surface area contributed by atoms with Crippen LogP contribution in [0, 0.1) is 20.8 Å². The van der Waals surface area contributed by atoms with Gasteiger partial charge in [-0.05, 0) is 33.6 Å². The molecule has 0 radical (unpaired) electrons. The summed E-state index contributed by atoms with van der Waals surface area (Å²) < 4.78 is 1.99. The second-order valence-corrected chi connectivity index (χ2v) is 7.40. The zero-order valence-corrected chi connectivity index (χ0v) is 14.4. The normalized spacial score (nSPS) is 24.1. The van der Waals surface area contributed by atoms with Crippen molar-refractivity contribution in [3.63, 3.8) is 0 Å². The smallest absolute Gasteiger partial charge is 0.225 e. The minimum Gasteiger partial charge on any atom is -0.389 e. The number of nitrogens with zero attached hydrogens (tertiary/aromatic N) is 3. The molecule has 2 heterocycles. The maximum absolute atomic E-state index is 12.3. The fourth-order valence-electron chi connectivity index (χ4n) is 3.30. The standard InChI is InChI=1S/C16H22N4O2S/c1-9-14(23-11(3)18-9)8-15(21)19-12-4-5-13(16(12)22)20-7-6-17-10(20)2/h6-7,12-13,16,22H,4-5,8H2,1-3H3,(H,19,21)/t12-,13-,16-/m1/s1. The van der Waals surface area contributed by atoms with Gasteiger partial charge in [-0.15, -0.1) is 11.3 Å². The lowest BCUT2D eigenvalue weighted by Crippen LogP contribution is -2.42. The highest BCUT2D eigenvalue weighted by Crippen LogP contribution is 2.31. The second-order valence-electron chi connectivity index (χ2n) is 6.11. The van der Waals surface area contributed by atoms with Gasteiger partial charge in [0.2, 0.25) is 5.91 Å². The third-order valence-corrected chi connectivity index (χ3v) is 5.54. The van der Waals surface area contributed by atoms with Crippen LogP contribution in [0.1, 0.15) is 40.3 Å². The molecule has 0 spiro atoms. The number of rotatable bonds is 4. The Morgan fingerprint density at radius 1 is 1.43 bits per heavy atom. The van der Waals surface area contributed by atoms with Crippen LogP contribution < -0.4 is 5.32 Å². The van der Waals surface area contributed by atoms with E-state index in [0.717, 1.165) is 34.2 Å². The minimum absolute atomic E-state index is 0.0183. The van der Waals surface area contributed by atoms with Crippen LogP contribution >= 0.6 is 11.3 Å². The fraction of sp³-hybridized carbons (Fsp3) is 0.562. The van der Waals surface area contributed by atoms with Gasteiger partial charge in [0.15, 0.2) is 0 Å². The molecule has 1 fully saturated rings. The van der Waals surface area contributed by atoms with Crippen LogP contribution in [-0.4, -0.2) is 37.7 Å². The first-order chi connectivity index (χ1) is 11.0. The van der Waals surface area contributed by atoms with Gasteiger partial charge in [-0.1, -0.05) is 0 Å². The molecule has 23 heavy (non-hydrogen) atoms. The number of nitrogens with one attached hydrogen (secondary N) is 1. The lowest BCUT2D eigenvalue weighted by atomic mass is 10.1. The Morgan fingerprint density at radius 3 is 2.83 bits per heavy atom. The van der Waals surface area contributed by atoms with Gasteiger partial charge in [0, 0.05) is 17.3 Å². The number of thiazole rings is 1. The number of aryl methyl sites for hydroxylation is 3. The van der Waals surface area contributed by atoms with Crippen molar-refractivity contribution < 1.29 is 9.90 Å². The molecule has 6 nitrogen and oxygen atoms in total. The molecule has 7 heteroatoms. The monoisotopic (exact) mass is 334 g/mol. The zero-order valence-electron chi connectivity index (χ0n) is 13.6. The number of aliphatic hydroxyl groups excluding tert-OH is 1. The van der Waals surface area contributed by atoms with Crippen LogP contribution in [0.2, 0.25) is 0 Å². The highest BCUT2D eigenvalue weighted by Gasteiger charge is 2.37. The Morgan fingerprint density at radius 2 is 2.22 bits per heavy atom. The molecule has 1 aliphatic carbocycles. The lowest BCUT2D eigenvalue weighted by molar-refractivity contribution is -0.121. The van der Waals surface area contributed by atoms with Crippen LogP contribution in [0.5, 0.6) is 0 Å². The van der Waals surface area contributed by atoms with Gasteiger partial charge in [0.25, 0.3) is 0 Å². The molecular weight excluding hydrogens is 312 g/mol. The summed E-state index contributed by atoms with van der Waals surface area (Å²) in [4.78, 5) is 21.8. The SMILES string of the molecule is Cc1nc(C)c(CC(=O)N[C@@H]2CC[C@@H](n3ccnc3C)[C@@H]2O)s1. The van der Waals surface area contributed by atoms with E-state index in [1.807, 2.05) is 31.5 Å². The maximum Gasteiger partial charge on any atom is 0.225 e. The van der Waals surface area contributed by atoms with Gasteiger partial charge in [0.05, 0.1) is 35.3 Å². The summed E-state index contributed by atoms with van der Waals surface area (Å²) in [5.41, 5.74) is 0.918. The van der Waals surface area contributed by atoms with Crippen LogP contribution in [0.25, 0.3) is 0 Å². The van der Waals surface area contributed by atoms with E-state index in [1.54, 1.807) is 17.5 Å². The summed E-state index contributed by atoms with van der Waals surface area (Å²) in [7, 11) is 0. The predicted molar refractivity (Wildman–Crippen MR) is 88.5 cm³/mol. The Labute approximate surface area is 139 Å². The van der Waals surface area contributed by atoms with E-state index in [-0.39, 0.29) is 18.0 Å². The van der Waals surface area contributed by atoms with Crippen molar-refractivity contribution in [3.8, 4) is 0 Å². The van der Waals surface area contributed by atoms with Crippen molar-refractivity contribution >= 4 is 17.2 Å². The quantitative estimate of drug-likeness (QED) is 0.892. The molecule has 2 aromatic heterocycles. The van der Waals surface area contributed by atoms with Crippen molar-refractivity contribution in [2.24, 2.45) is 0 Å². The number of carbonyl (C=O) groups is 1. The number of aromatic nitrogens is 3. The average molecular weight is 334 g/mol. The van der Waals surface area contributed by atoms with Gasteiger partial charge in [-0.2, -0.15) is 0 Å². The summed E-state index contributed by atoms with van der Waals surface area (Å²) in [6.07, 6.45) is 4.98. The maximum atomic E-state index is 12.3. The van der Waals surface area contributed by atoms with E-state index in [2.05, 4.69) is 15.3 Å². The highest BCUT2D eigenvalue weighted by molar-refractivity contribution is 7.11. The number of amides is 1. The summed E-state index contributed by atoms with van der Waals surface area (Å²) in [5, 5.41) is 14.5. The van der Waals surface area contributed by atoms with E-state index < -0.39 is 6.10 Å². The Hall–Kier alpha value is -1.73.